The second kappa shape index (κ2) is 8.75. The summed E-state index contributed by atoms with van der Waals surface area (Å²) >= 11 is 0. The van der Waals surface area contributed by atoms with Gasteiger partial charge in [0.25, 0.3) is 5.91 Å². The van der Waals surface area contributed by atoms with Crippen LogP contribution in [-0.2, 0) is 14.8 Å². The van der Waals surface area contributed by atoms with E-state index in [4.69, 9.17) is 4.74 Å². The van der Waals surface area contributed by atoms with Crippen LogP contribution >= 0.6 is 0 Å². The topological polar surface area (TPSA) is 66.9 Å². The predicted molar refractivity (Wildman–Crippen MR) is 108 cm³/mol. The molecule has 1 heterocycles. The van der Waals surface area contributed by atoms with E-state index in [0.29, 0.717) is 25.3 Å². The van der Waals surface area contributed by atoms with E-state index < -0.39 is 16.1 Å². The van der Waals surface area contributed by atoms with E-state index in [1.807, 2.05) is 38.1 Å². The molecule has 1 fully saturated rings. The fourth-order valence-electron chi connectivity index (χ4n) is 3.24. The highest BCUT2D eigenvalue weighted by molar-refractivity contribution is 7.89. The van der Waals surface area contributed by atoms with Crippen LogP contribution in [0.2, 0.25) is 0 Å². The highest BCUT2D eigenvalue weighted by atomic mass is 32.2. The van der Waals surface area contributed by atoms with Gasteiger partial charge >= 0.3 is 0 Å². The fourth-order valence-corrected chi connectivity index (χ4v) is 4.69. The molecule has 0 unspecified atom stereocenters. The summed E-state index contributed by atoms with van der Waals surface area (Å²) < 4.78 is 32.9. The number of aryl methyl sites for hydroxylation is 1. The summed E-state index contributed by atoms with van der Waals surface area (Å²) in [5.74, 6) is 0.607. The van der Waals surface area contributed by atoms with Gasteiger partial charge in [0.15, 0.2) is 6.10 Å². The van der Waals surface area contributed by atoms with Crippen molar-refractivity contribution in [3.8, 4) is 5.75 Å². The number of rotatable bonds is 6. The normalized spacial score (nSPS) is 16.6. The van der Waals surface area contributed by atoms with Crippen LogP contribution < -0.4 is 4.74 Å². The average molecular weight is 403 g/mol. The summed E-state index contributed by atoms with van der Waals surface area (Å²) in [5.41, 5.74) is 0.979. The van der Waals surface area contributed by atoms with Crippen LogP contribution in [0.3, 0.4) is 0 Å². The molecule has 150 valence electrons. The monoisotopic (exact) mass is 402 g/mol. The summed E-state index contributed by atoms with van der Waals surface area (Å²) in [6.45, 7) is 5.14. The van der Waals surface area contributed by atoms with E-state index in [1.54, 1.807) is 35.2 Å². The maximum Gasteiger partial charge on any atom is 0.263 e. The van der Waals surface area contributed by atoms with Gasteiger partial charge in [-0.25, -0.2) is 8.42 Å². The number of nitrogens with zero attached hydrogens (tertiary/aromatic N) is 2. The quantitative estimate of drug-likeness (QED) is 0.745. The number of carbonyl (C=O) groups excluding carboxylic acids is 1. The van der Waals surface area contributed by atoms with Crippen LogP contribution in [0.1, 0.15) is 18.9 Å². The van der Waals surface area contributed by atoms with Gasteiger partial charge in [-0.3, -0.25) is 4.79 Å². The number of piperazine rings is 1. The van der Waals surface area contributed by atoms with Crippen molar-refractivity contribution in [3.05, 3.63) is 60.2 Å². The van der Waals surface area contributed by atoms with Gasteiger partial charge in [0.1, 0.15) is 5.75 Å². The Hall–Kier alpha value is -2.38. The minimum atomic E-state index is -3.53. The van der Waals surface area contributed by atoms with Crippen molar-refractivity contribution in [1.82, 2.24) is 9.21 Å². The fraction of sp³-hybridized carbons (Fsp3) is 0.381. The highest BCUT2D eigenvalue weighted by Gasteiger charge is 2.32. The molecule has 6 nitrogen and oxygen atoms in total. The SMILES string of the molecule is CC[C@@H](Oc1ccccc1C)C(=O)N1CCN(S(=O)(=O)c2ccccc2)CC1. The number of sulfonamides is 1. The van der Waals surface area contributed by atoms with E-state index in [1.165, 1.54) is 4.31 Å². The second-order valence-corrected chi connectivity index (χ2v) is 8.76. The lowest BCUT2D eigenvalue weighted by Crippen LogP contribution is -2.53. The van der Waals surface area contributed by atoms with Crippen molar-refractivity contribution in [2.45, 2.75) is 31.3 Å². The standard InChI is InChI=1S/C21H26N2O4S/c1-3-19(27-20-12-8-7-9-17(20)2)21(24)22-13-15-23(16-14-22)28(25,26)18-10-5-4-6-11-18/h4-12,19H,3,13-16H2,1-2H3/t19-/m1/s1. The Bertz CT molecular complexity index is 907. The molecule has 0 aliphatic carbocycles. The minimum Gasteiger partial charge on any atom is -0.480 e. The highest BCUT2D eigenvalue weighted by Crippen LogP contribution is 2.21. The van der Waals surface area contributed by atoms with Gasteiger partial charge in [0, 0.05) is 26.2 Å². The Balaban J connectivity index is 1.63. The predicted octanol–water partition coefficient (Wildman–Crippen LogP) is 2.69. The van der Waals surface area contributed by atoms with Gasteiger partial charge in [-0.15, -0.1) is 0 Å². The largest absolute Gasteiger partial charge is 0.480 e. The van der Waals surface area contributed by atoms with E-state index in [9.17, 15) is 13.2 Å². The van der Waals surface area contributed by atoms with E-state index >= 15 is 0 Å². The van der Waals surface area contributed by atoms with Crippen molar-refractivity contribution in [2.75, 3.05) is 26.2 Å². The lowest BCUT2D eigenvalue weighted by molar-refractivity contribution is -0.140. The molecule has 0 saturated carbocycles. The molecule has 1 aliphatic heterocycles. The lowest BCUT2D eigenvalue weighted by Gasteiger charge is -2.35. The maximum absolute atomic E-state index is 12.9. The van der Waals surface area contributed by atoms with Crippen LogP contribution in [0.25, 0.3) is 0 Å². The van der Waals surface area contributed by atoms with Gasteiger partial charge in [0.2, 0.25) is 10.0 Å². The summed E-state index contributed by atoms with van der Waals surface area (Å²) in [6.07, 6.45) is -0.0197. The van der Waals surface area contributed by atoms with Gasteiger partial charge < -0.3 is 9.64 Å². The third-order valence-corrected chi connectivity index (χ3v) is 6.85. The molecule has 0 bridgehead atoms. The molecular formula is C21H26N2O4S. The number of ether oxygens (including phenoxy) is 1. The molecule has 3 rings (SSSR count). The lowest BCUT2D eigenvalue weighted by atomic mass is 10.2. The molecule has 1 atom stereocenters. The van der Waals surface area contributed by atoms with Crippen LogP contribution in [0.5, 0.6) is 5.75 Å². The summed E-state index contributed by atoms with van der Waals surface area (Å²) in [7, 11) is -3.53. The zero-order valence-electron chi connectivity index (χ0n) is 16.2. The van der Waals surface area contributed by atoms with Crippen LogP contribution in [0, 0.1) is 6.92 Å². The number of amides is 1. The minimum absolute atomic E-state index is 0.0949. The number of para-hydroxylation sites is 1. The first-order chi connectivity index (χ1) is 13.4. The van der Waals surface area contributed by atoms with Crippen molar-refractivity contribution in [1.29, 1.82) is 0 Å². The first-order valence-corrected chi connectivity index (χ1v) is 10.9. The van der Waals surface area contributed by atoms with E-state index in [2.05, 4.69) is 0 Å². The van der Waals surface area contributed by atoms with Gasteiger partial charge in [-0.1, -0.05) is 43.3 Å². The number of carbonyl (C=O) groups is 1. The van der Waals surface area contributed by atoms with Gasteiger partial charge in [0.05, 0.1) is 4.90 Å². The average Bonchev–Trinajstić information content (AvgIpc) is 2.73. The molecule has 28 heavy (non-hydrogen) atoms. The Labute approximate surface area is 166 Å². The molecule has 0 aromatic heterocycles. The second-order valence-electron chi connectivity index (χ2n) is 6.82. The van der Waals surface area contributed by atoms with Crippen molar-refractivity contribution in [2.24, 2.45) is 0 Å². The van der Waals surface area contributed by atoms with Crippen LogP contribution in [0.4, 0.5) is 0 Å². The van der Waals surface area contributed by atoms with Crippen molar-refractivity contribution < 1.29 is 17.9 Å². The molecule has 0 radical (unpaired) electrons. The van der Waals surface area contributed by atoms with Gasteiger partial charge in [-0.05, 0) is 37.1 Å². The third-order valence-electron chi connectivity index (χ3n) is 4.94. The molecule has 2 aromatic carbocycles. The first-order valence-electron chi connectivity index (χ1n) is 9.49. The zero-order valence-corrected chi connectivity index (χ0v) is 17.1. The van der Waals surface area contributed by atoms with Crippen LogP contribution in [-0.4, -0.2) is 55.8 Å². The molecule has 7 heteroatoms. The Kier molecular flexibility index (Phi) is 6.36. The summed E-state index contributed by atoms with van der Waals surface area (Å²) in [4.78, 5) is 14.9. The summed E-state index contributed by atoms with van der Waals surface area (Å²) in [5, 5.41) is 0. The van der Waals surface area contributed by atoms with Crippen LogP contribution in [0.15, 0.2) is 59.5 Å². The van der Waals surface area contributed by atoms with Crippen molar-refractivity contribution >= 4 is 15.9 Å². The number of hydrogen-bond donors (Lipinski definition) is 0. The van der Waals surface area contributed by atoms with E-state index in [-0.39, 0.29) is 23.9 Å². The van der Waals surface area contributed by atoms with Gasteiger partial charge in [-0.2, -0.15) is 4.31 Å². The van der Waals surface area contributed by atoms with Crippen molar-refractivity contribution in [3.63, 3.8) is 0 Å². The Morgan fingerprint density at radius 1 is 1.00 bits per heavy atom. The smallest absolute Gasteiger partial charge is 0.263 e. The molecule has 0 spiro atoms. The number of benzene rings is 2. The third kappa shape index (κ3) is 4.36. The first kappa shape index (κ1) is 20.4. The Morgan fingerprint density at radius 3 is 2.21 bits per heavy atom. The number of hydrogen-bond acceptors (Lipinski definition) is 4. The molecule has 0 N–H and O–H groups in total. The van der Waals surface area contributed by atoms with E-state index in [0.717, 1.165) is 5.56 Å². The molecule has 1 saturated heterocycles. The maximum atomic E-state index is 12.9. The molecular weight excluding hydrogens is 376 g/mol. The molecule has 2 aromatic rings. The molecule has 1 aliphatic rings. The zero-order chi connectivity index (χ0) is 20.1. The summed E-state index contributed by atoms with van der Waals surface area (Å²) in [6, 6.07) is 16.0. The molecule has 1 amide bonds. The Morgan fingerprint density at radius 2 is 1.61 bits per heavy atom.